The van der Waals surface area contributed by atoms with Gasteiger partial charge in [-0.2, -0.15) is 0 Å². The summed E-state index contributed by atoms with van der Waals surface area (Å²) in [6, 6.07) is 8.06. The average molecular weight is 334 g/mol. The minimum absolute atomic E-state index is 0.0581. The Morgan fingerprint density at radius 3 is 2.92 bits per heavy atom. The monoisotopic (exact) mass is 334 g/mol. The molecule has 1 aromatic carbocycles. The Bertz CT molecular complexity index is 538. The van der Waals surface area contributed by atoms with E-state index in [1.807, 2.05) is 38.1 Å². The first-order chi connectivity index (χ1) is 11.4. The number of piperazine rings is 1. The molecule has 2 atom stereocenters. The molecule has 0 aromatic heterocycles. The smallest absolute Gasteiger partial charge is 0.315 e. The normalized spacial score (nSPS) is 20.4. The van der Waals surface area contributed by atoms with Gasteiger partial charge in [0.1, 0.15) is 12.4 Å². The number of benzene rings is 1. The quantitative estimate of drug-likeness (QED) is 0.824. The van der Waals surface area contributed by atoms with Crippen LogP contribution in [0, 0.1) is 6.92 Å². The Morgan fingerprint density at radius 2 is 2.17 bits per heavy atom. The van der Waals surface area contributed by atoms with Gasteiger partial charge < -0.3 is 20.3 Å². The molecule has 6 heteroatoms. The highest BCUT2D eigenvalue weighted by Crippen LogP contribution is 2.12. The number of hydrogen-bond acceptors (Lipinski definition) is 4. The average Bonchev–Trinajstić information content (AvgIpc) is 2.54. The summed E-state index contributed by atoms with van der Waals surface area (Å²) in [6.45, 7) is 8.15. The minimum Gasteiger partial charge on any atom is -0.491 e. The zero-order valence-corrected chi connectivity index (χ0v) is 15.2. The first-order valence-corrected chi connectivity index (χ1v) is 8.56. The molecule has 0 bridgehead atoms. The van der Waals surface area contributed by atoms with E-state index < -0.39 is 0 Å². The molecular formula is C18H30N4O2. The molecule has 134 valence electrons. The van der Waals surface area contributed by atoms with Crippen molar-refractivity contribution in [2.45, 2.75) is 25.9 Å². The lowest BCUT2D eigenvalue weighted by Crippen LogP contribution is -2.55. The van der Waals surface area contributed by atoms with E-state index in [4.69, 9.17) is 4.74 Å². The van der Waals surface area contributed by atoms with Gasteiger partial charge in [-0.25, -0.2) is 4.79 Å². The van der Waals surface area contributed by atoms with Crippen LogP contribution in [0.1, 0.15) is 12.5 Å². The van der Waals surface area contributed by atoms with Crippen molar-refractivity contribution in [3.05, 3.63) is 29.8 Å². The molecule has 0 unspecified atom stereocenters. The molecule has 0 aliphatic carbocycles. The van der Waals surface area contributed by atoms with Crippen molar-refractivity contribution in [1.29, 1.82) is 0 Å². The molecule has 0 radical (unpaired) electrons. The molecule has 0 saturated carbocycles. The third-order valence-electron chi connectivity index (χ3n) is 4.35. The van der Waals surface area contributed by atoms with Gasteiger partial charge in [0.2, 0.25) is 0 Å². The van der Waals surface area contributed by atoms with E-state index in [1.165, 1.54) is 0 Å². The van der Waals surface area contributed by atoms with Crippen LogP contribution in [0.25, 0.3) is 0 Å². The second kappa shape index (κ2) is 8.89. The van der Waals surface area contributed by atoms with Crippen molar-refractivity contribution < 1.29 is 9.53 Å². The number of aryl methyl sites for hydroxylation is 1. The SMILES string of the molecule is Cc1cccc(OC[C@@H](C)NC(=O)NC[C@@H]2CN(C)CCN2C)c1. The van der Waals surface area contributed by atoms with Crippen LogP contribution < -0.4 is 15.4 Å². The van der Waals surface area contributed by atoms with Crippen molar-refractivity contribution in [2.75, 3.05) is 46.9 Å². The summed E-state index contributed by atoms with van der Waals surface area (Å²) in [7, 11) is 4.22. The molecular weight excluding hydrogens is 304 g/mol. The molecule has 2 rings (SSSR count). The zero-order valence-electron chi connectivity index (χ0n) is 15.2. The van der Waals surface area contributed by atoms with Crippen LogP contribution in [0.3, 0.4) is 0 Å². The molecule has 0 spiro atoms. The van der Waals surface area contributed by atoms with Crippen LogP contribution in [0.4, 0.5) is 4.79 Å². The van der Waals surface area contributed by atoms with Gasteiger partial charge in [0.05, 0.1) is 6.04 Å². The van der Waals surface area contributed by atoms with E-state index in [9.17, 15) is 4.79 Å². The van der Waals surface area contributed by atoms with Gasteiger partial charge in [-0.05, 0) is 45.6 Å². The largest absolute Gasteiger partial charge is 0.491 e. The van der Waals surface area contributed by atoms with Crippen LogP contribution in [0.15, 0.2) is 24.3 Å². The lowest BCUT2D eigenvalue weighted by Gasteiger charge is -2.37. The summed E-state index contributed by atoms with van der Waals surface area (Å²) < 4.78 is 5.72. The lowest BCUT2D eigenvalue weighted by atomic mass is 10.2. The fraction of sp³-hybridized carbons (Fsp3) is 0.611. The number of hydrogen-bond donors (Lipinski definition) is 2. The second-order valence-electron chi connectivity index (χ2n) is 6.78. The maximum Gasteiger partial charge on any atom is 0.315 e. The number of likely N-dealkylation sites (N-methyl/N-ethyl adjacent to an activating group) is 2. The first kappa shape index (κ1) is 18.5. The highest BCUT2D eigenvalue weighted by Gasteiger charge is 2.22. The summed E-state index contributed by atoms with van der Waals surface area (Å²) in [5.74, 6) is 0.830. The third-order valence-corrected chi connectivity index (χ3v) is 4.35. The van der Waals surface area contributed by atoms with Crippen molar-refractivity contribution in [1.82, 2.24) is 20.4 Å². The minimum atomic E-state index is -0.142. The summed E-state index contributed by atoms with van der Waals surface area (Å²) in [5.41, 5.74) is 1.16. The summed E-state index contributed by atoms with van der Waals surface area (Å²) in [5, 5.41) is 5.89. The predicted molar refractivity (Wildman–Crippen MR) is 96.6 cm³/mol. The summed E-state index contributed by atoms with van der Waals surface area (Å²) >= 11 is 0. The maximum absolute atomic E-state index is 12.0. The van der Waals surface area contributed by atoms with Crippen LogP contribution in [-0.4, -0.2) is 74.8 Å². The van der Waals surface area contributed by atoms with E-state index in [-0.39, 0.29) is 12.1 Å². The number of nitrogens with one attached hydrogen (secondary N) is 2. The van der Waals surface area contributed by atoms with Crippen molar-refractivity contribution in [3.63, 3.8) is 0 Å². The molecule has 1 fully saturated rings. The molecule has 24 heavy (non-hydrogen) atoms. The Kier molecular flexibility index (Phi) is 6.87. The Hall–Kier alpha value is -1.79. The molecule has 1 aliphatic heterocycles. The highest BCUT2D eigenvalue weighted by atomic mass is 16.5. The molecule has 1 saturated heterocycles. The van der Waals surface area contributed by atoms with Crippen molar-refractivity contribution in [3.8, 4) is 5.75 Å². The summed E-state index contributed by atoms with van der Waals surface area (Å²) in [6.07, 6.45) is 0. The standard InChI is InChI=1S/C18H30N4O2/c1-14-6-5-7-17(10-14)24-13-15(2)20-18(23)19-11-16-12-21(3)8-9-22(16)4/h5-7,10,15-16H,8-9,11-13H2,1-4H3,(H2,19,20,23)/t15-,16-/m1/s1. The molecule has 2 amide bonds. The van der Waals surface area contributed by atoms with Crippen molar-refractivity contribution >= 4 is 6.03 Å². The Balaban J connectivity index is 1.67. The number of rotatable bonds is 6. The fourth-order valence-electron chi connectivity index (χ4n) is 2.78. The second-order valence-corrected chi connectivity index (χ2v) is 6.78. The van der Waals surface area contributed by atoms with Crippen LogP contribution in [-0.2, 0) is 0 Å². The van der Waals surface area contributed by atoms with Gasteiger partial charge in [0, 0.05) is 32.2 Å². The Morgan fingerprint density at radius 1 is 1.38 bits per heavy atom. The fourth-order valence-corrected chi connectivity index (χ4v) is 2.78. The van der Waals surface area contributed by atoms with Gasteiger partial charge in [0.15, 0.2) is 0 Å². The van der Waals surface area contributed by atoms with Crippen LogP contribution >= 0.6 is 0 Å². The zero-order chi connectivity index (χ0) is 17.5. The first-order valence-electron chi connectivity index (χ1n) is 8.56. The van der Waals surface area contributed by atoms with Gasteiger partial charge >= 0.3 is 6.03 Å². The maximum atomic E-state index is 12.0. The number of carbonyl (C=O) groups is 1. The van der Waals surface area contributed by atoms with E-state index in [0.717, 1.165) is 30.9 Å². The number of urea groups is 1. The molecule has 1 aromatic rings. The number of amides is 2. The summed E-state index contributed by atoms with van der Waals surface area (Å²) in [4.78, 5) is 16.6. The van der Waals surface area contributed by atoms with E-state index in [0.29, 0.717) is 19.2 Å². The molecule has 6 nitrogen and oxygen atoms in total. The van der Waals surface area contributed by atoms with E-state index >= 15 is 0 Å². The van der Waals surface area contributed by atoms with Gasteiger partial charge in [-0.3, -0.25) is 4.90 Å². The molecule has 1 heterocycles. The number of ether oxygens (including phenoxy) is 1. The predicted octanol–water partition coefficient (Wildman–Crippen LogP) is 1.31. The van der Waals surface area contributed by atoms with Gasteiger partial charge in [-0.1, -0.05) is 12.1 Å². The van der Waals surface area contributed by atoms with Gasteiger partial charge in [0.25, 0.3) is 0 Å². The van der Waals surface area contributed by atoms with Crippen molar-refractivity contribution in [2.24, 2.45) is 0 Å². The van der Waals surface area contributed by atoms with Crippen LogP contribution in [0.2, 0.25) is 0 Å². The molecule has 2 N–H and O–H groups in total. The van der Waals surface area contributed by atoms with Gasteiger partial charge in [-0.15, -0.1) is 0 Å². The Labute approximate surface area is 145 Å². The lowest BCUT2D eigenvalue weighted by molar-refractivity contribution is 0.114. The topological polar surface area (TPSA) is 56.8 Å². The number of nitrogens with zero attached hydrogens (tertiary/aromatic N) is 2. The molecule has 1 aliphatic rings. The highest BCUT2D eigenvalue weighted by molar-refractivity contribution is 5.74. The van der Waals surface area contributed by atoms with E-state index in [1.54, 1.807) is 0 Å². The van der Waals surface area contributed by atoms with Crippen LogP contribution in [0.5, 0.6) is 5.75 Å². The van der Waals surface area contributed by atoms with E-state index in [2.05, 4.69) is 34.5 Å². The number of carbonyl (C=O) groups excluding carboxylic acids is 1. The third kappa shape index (κ3) is 6.02.